The van der Waals surface area contributed by atoms with Crippen LogP contribution < -0.4 is 10.0 Å². The molecule has 0 spiro atoms. The molecule has 0 aliphatic rings. The number of sulfonamides is 1. The summed E-state index contributed by atoms with van der Waals surface area (Å²) < 4.78 is 32.5. The molecule has 2 aromatic carbocycles. The summed E-state index contributed by atoms with van der Waals surface area (Å²) in [4.78, 5) is 12.3. The normalized spacial score (nSPS) is 11.4. The van der Waals surface area contributed by atoms with Gasteiger partial charge in [-0.05, 0) is 48.7 Å². The second-order valence-electron chi connectivity index (χ2n) is 6.57. The summed E-state index contributed by atoms with van der Waals surface area (Å²) in [7, 11) is -3.64. The lowest BCUT2D eigenvalue weighted by molar-refractivity contribution is 0.0925. The van der Waals surface area contributed by atoms with E-state index in [0.29, 0.717) is 36.9 Å². The highest BCUT2D eigenvalue weighted by Crippen LogP contribution is 2.16. The Morgan fingerprint density at radius 2 is 1.70 bits per heavy atom. The van der Waals surface area contributed by atoms with Crippen molar-refractivity contribution in [3.05, 3.63) is 60.2 Å². The van der Waals surface area contributed by atoms with Crippen LogP contribution in [0.25, 0.3) is 0 Å². The third-order valence-corrected chi connectivity index (χ3v) is 5.05. The monoisotopic (exact) mass is 390 g/mol. The molecule has 0 aliphatic heterocycles. The fourth-order valence-corrected chi connectivity index (χ4v) is 3.38. The molecule has 1 amide bonds. The van der Waals surface area contributed by atoms with Crippen LogP contribution in [0.1, 0.15) is 30.6 Å². The number of rotatable bonds is 10. The number of hydrogen-bond donors (Lipinski definition) is 2. The quantitative estimate of drug-likeness (QED) is 0.610. The van der Waals surface area contributed by atoms with E-state index in [1.54, 1.807) is 42.5 Å². The second kappa shape index (κ2) is 10.1. The SMILES string of the molecule is CC(C)COCCCNC(=O)c1ccc(NS(=O)(=O)c2ccccc2)cc1. The maximum absolute atomic E-state index is 12.3. The van der Waals surface area contributed by atoms with Gasteiger partial charge in [-0.1, -0.05) is 32.0 Å². The number of hydrogen-bond acceptors (Lipinski definition) is 4. The van der Waals surface area contributed by atoms with Gasteiger partial charge in [0.15, 0.2) is 0 Å². The van der Waals surface area contributed by atoms with Gasteiger partial charge >= 0.3 is 0 Å². The first-order valence-electron chi connectivity index (χ1n) is 8.92. The first-order chi connectivity index (χ1) is 12.9. The molecule has 0 saturated heterocycles. The maximum atomic E-state index is 12.3. The van der Waals surface area contributed by atoms with Gasteiger partial charge in [-0.2, -0.15) is 0 Å². The molecule has 6 nitrogen and oxygen atoms in total. The number of carbonyl (C=O) groups is 1. The van der Waals surface area contributed by atoms with Gasteiger partial charge in [-0.25, -0.2) is 8.42 Å². The molecule has 0 atom stereocenters. The van der Waals surface area contributed by atoms with Crippen molar-refractivity contribution >= 4 is 21.6 Å². The second-order valence-corrected chi connectivity index (χ2v) is 8.26. The van der Waals surface area contributed by atoms with Crippen LogP contribution in [0, 0.1) is 5.92 Å². The molecule has 0 saturated carbocycles. The van der Waals surface area contributed by atoms with E-state index in [1.807, 2.05) is 0 Å². The number of nitrogens with one attached hydrogen (secondary N) is 2. The summed E-state index contributed by atoms with van der Waals surface area (Å²) in [6, 6.07) is 14.4. The molecule has 0 bridgehead atoms. The number of ether oxygens (including phenoxy) is 1. The fraction of sp³-hybridized carbons (Fsp3) is 0.350. The smallest absolute Gasteiger partial charge is 0.261 e. The Bertz CT molecular complexity index is 819. The Kier molecular flexibility index (Phi) is 7.82. The molecule has 0 radical (unpaired) electrons. The largest absolute Gasteiger partial charge is 0.381 e. The molecule has 0 aromatic heterocycles. The third kappa shape index (κ3) is 7.03. The van der Waals surface area contributed by atoms with E-state index in [1.165, 1.54) is 12.1 Å². The number of benzene rings is 2. The fourth-order valence-electron chi connectivity index (χ4n) is 2.30. The summed E-state index contributed by atoms with van der Waals surface area (Å²) in [6.45, 7) is 6.03. The van der Waals surface area contributed by atoms with E-state index < -0.39 is 10.0 Å². The summed E-state index contributed by atoms with van der Waals surface area (Å²) >= 11 is 0. The van der Waals surface area contributed by atoms with Crippen molar-refractivity contribution in [3.63, 3.8) is 0 Å². The van der Waals surface area contributed by atoms with Crippen molar-refractivity contribution in [2.45, 2.75) is 25.2 Å². The van der Waals surface area contributed by atoms with Gasteiger partial charge in [0, 0.05) is 31.0 Å². The van der Waals surface area contributed by atoms with Gasteiger partial charge in [-0.15, -0.1) is 0 Å². The van der Waals surface area contributed by atoms with Gasteiger partial charge in [-0.3, -0.25) is 9.52 Å². The van der Waals surface area contributed by atoms with Gasteiger partial charge in [0.05, 0.1) is 4.90 Å². The predicted octanol–water partition coefficient (Wildman–Crippen LogP) is 3.28. The highest BCUT2D eigenvalue weighted by Gasteiger charge is 2.13. The van der Waals surface area contributed by atoms with E-state index >= 15 is 0 Å². The Balaban J connectivity index is 1.83. The number of amides is 1. The van der Waals surface area contributed by atoms with Crippen LogP contribution in [0.2, 0.25) is 0 Å². The molecule has 2 aromatic rings. The van der Waals surface area contributed by atoms with Crippen LogP contribution in [0.15, 0.2) is 59.5 Å². The molecule has 27 heavy (non-hydrogen) atoms. The summed E-state index contributed by atoms with van der Waals surface area (Å²) in [6.07, 6.45) is 0.743. The summed E-state index contributed by atoms with van der Waals surface area (Å²) in [5, 5.41) is 2.82. The first kappa shape index (κ1) is 20.9. The lowest BCUT2D eigenvalue weighted by atomic mass is 10.2. The minimum atomic E-state index is -3.64. The highest BCUT2D eigenvalue weighted by molar-refractivity contribution is 7.92. The summed E-state index contributed by atoms with van der Waals surface area (Å²) in [5.41, 5.74) is 0.873. The zero-order chi connectivity index (χ0) is 19.7. The Morgan fingerprint density at radius 1 is 1.04 bits per heavy atom. The van der Waals surface area contributed by atoms with Gasteiger partial charge in [0.1, 0.15) is 0 Å². The van der Waals surface area contributed by atoms with E-state index in [0.717, 1.165) is 6.42 Å². The van der Waals surface area contributed by atoms with Crippen LogP contribution >= 0.6 is 0 Å². The molecular weight excluding hydrogens is 364 g/mol. The third-order valence-electron chi connectivity index (χ3n) is 3.66. The standard InChI is InChI=1S/C20H26N2O4S/c1-16(2)15-26-14-6-13-21-20(23)17-9-11-18(12-10-17)22-27(24,25)19-7-4-3-5-8-19/h3-5,7-12,16,22H,6,13-15H2,1-2H3,(H,21,23). The predicted molar refractivity (Wildman–Crippen MR) is 106 cm³/mol. The molecule has 0 heterocycles. The van der Waals surface area contributed by atoms with E-state index in [2.05, 4.69) is 23.9 Å². The average molecular weight is 391 g/mol. The van der Waals surface area contributed by atoms with Gasteiger partial charge < -0.3 is 10.1 Å². The molecular formula is C20H26N2O4S. The first-order valence-corrected chi connectivity index (χ1v) is 10.4. The van der Waals surface area contributed by atoms with Crippen molar-refractivity contribution in [2.75, 3.05) is 24.5 Å². The lowest BCUT2D eigenvalue weighted by Crippen LogP contribution is -2.25. The van der Waals surface area contributed by atoms with Crippen LogP contribution in [0.4, 0.5) is 5.69 Å². The minimum absolute atomic E-state index is 0.187. The van der Waals surface area contributed by atoms with Crippen molar-refractivity contribution < 1.29 is 17.9 Å². The van der Waals surface area contributed by atoms with Gasteiger partial charge in [0.25, 0.3) is 15.9 Å². The van der Waals surface area contributed by atoms with E-state index in [4.69, 9.17) is 4.74 Å². The maximum Gasteiger partial charge on any atom is 0.261 e. The number of carbonyl (C=O) groups excluding carboxylic acids is 1. The topological polar surface area (TPSA) is 84.5 Å². The minimum Gasteiger partial charge on any atom is -0.381 e. The van der Waals surface area contributed by atoms with Crippen molar-refractivity contribution in [2.24, 2.45) is 5.92 Å². The molecule has 2 rings (SSSR count). The van der Waals surface area contributed by atoms with Crippen LogP contribution in [-0.2, 0) is 14.8 Å². The average Bonchev–Trinajstić information content (AvgIpc) is 2.65. The molecule has 146 valence electrons. The molecule has 0 unspecified atom stereocenters. The molecule has 0 aliphatic carbocycles. The zero-order valence-electron chi connectivity index (χ0n) is 15.6. The van der Waals surface area contributed by atoms with Crippen LogP contribution in [-0.4, -0.2) is 34.1 Å². The Hall–Kier alpha value is -2.38. The highest BCUT2D eigenvalue weighted by atomic mass is 32.2. The van der Waals surface area contributed by atoms with Crippen LogP contribution in [0.5, 0.6) is 0 Å². The molecule has 7 heteroatoms. The van der Waals surface area contributed by atoms with E-state index in [-0.39, 0.29) is 10.8 Å². The van der Waals surface area contributed by atoms with Crippen LogP contribution in [0.3, 0.4) is 0 Å². The lowest BCUT2D eigenvalue weighted by Gasteiger charge is -2.10. The zero-order valence-corrected chi connectivity index (χ0v) is 16.5. The Labute approximate surface area is 161 Å². The van der Waals surface area contributed by atoms with Crippen molar-refractivity contribution in [1.29, 1.82) is 0 Å². The Morgan fingerprint density at radius 3 is 2.33 bits per heavy atom. The van der Waals surface area contributed by atoms with Crippen molar-refractivity contribution in [1.82, 2.24) is 5.32 Å². The van der Waals surface area contributed by atoms with Crippen molar-refractivity contribution in [3.8, 4) is 0 Å². The molecule has 2 N–H and O–H groups in total. The molecule has 0 fully saturated rings. The van der Waals surface area contributed by atoms with E-state index in [9.17, 15) is 13.2 Å². The number of anilines is 1. The summed E-state index contributed by atoms with van der Waals surface area (Å²) in [5.74, 6) is 0.300. The van der Waals surface area contributed by atoms with Gasteiger partial charge in [0.2, 0.25) is 0 Å².